The second-order valence-corrected chi connectivity index (χ2v) is 4.63. The molecular formula is C14H13F4NO2. The normalized spacial score (nSPS) is 19.2. The van der Waals surface area contributed by atoms with E-state index < -0.39 is 36.2 Å². The molecule has 1 heterocycles. The van der Waals surface area contributed by atoms with Crippen molar-refractivity contribution < 1.29 is 27.1 Å². The van der Waals surface area contributed by atoms with E-state index in [0.717, 1.165) is 18.1 Å². The first kappa shape index (κ1) is 15.3. The third kappa shape index (κ3) is 3.34. The fourth-order valence-corrected chi connectivity index (χ4v) is 2.25. The van der Waals surface area contributed by atoms with E-state index in [1.807, 2.05) is 0 Å². The van der Waals surface area contributed by atoms with E-state index in [9.17, 15) is 22.4 Å². The molecule has 7 heteroatoms. The van der Waals surface area contributed by atoms with Crippen LogP contribution in [0, 0.1) is 5.82 Å². The number of alkyl halides is 3. The van der Waals surface area contributed by atoms with Gasteiger partial charge in [-0.15, -0.1) is 0 Å². The molecule has 0 saturated carbocycles. The Labute approximate surface area is 118 Å². The maximum atomic E-state index is 12.9. The monoisotopic (exact) mass is 303 g/mol. The Morgan fingerprint density at radius 3 is 2.43 bits per heavy atom. The fourth-order valence-electron chi connectivity index (χ4n) is 2.25. The molecule has 0 N–H and O–H groups in total. The van der Waals surface area contributed by atoms with E-state index in [1.54, 1.807) is 0 Å². The molecule has 0 aromatic heterocycles. The van der Waals surface area contributed by atoms with Gasteiger partial charge in [0.1, 0.15) is 5.82 Å². The van der Waals surface area contributed by atoms with E-state index >= 15 is 0 Å². The molecule has 0 spiro atoms. The maximum absolute atomic E-state index is 12.9. The Bertz CT molecular complexity index is 551. The molecule has 1 atom stereocenters. The lowest BCUT2D eigenvalue weighted by Gasteiger charge is -2.35. The Kier molecular flexibility index (Phi) is 4.20. The molecule has 1 aliphatic heterocycles. The first-order chi connectivity index (χ1) is 9.82. The first-order valence-corrected chi connectivity index (χ1v) is 6.19. The zero-order chi connectivity index (χ0) is 15.6. The first-order valence-electron chi connectivity index (χ1n) is 6.19. The highest BCUT2D eigenvalue weighted by atomic mass is 19.4. The van der Waals surface area contributed by atoms with Crippen molar-refractivity contribution in [1.29, 1.82) is 0 Å². The summed E-state index contributed by atoms with van der Waals surface area (Å²) in [7, 11) is 1.11. The van der Waals surface area contributed by atoms with Gasteiger partial charge in [-0.3, -0.25) is 4.90 Å². The summed E-state index contributed by atoms with van der Waals surface area (Å²) in [6.45, 7) is -0.585. The molecule has 0 radical (unpaired) electrons. The highest BCUT2D eigenvalue weighted by molar-refractivity contribution is 5.69. The van der Waals surface area contributed by atoms with Crippen molar-refractivity contribution in [3.8, 4) is 0 Å². The van der Waals surface area contributed by atoms with Gasteiger partial charge in [0.2, 0.25) is 0 Å². The average Bonchev–Trinajstić information content (AvgIpc) is 2.46. The van der Waals surface area contributed by atoms with Crippen LogP contribution >= 0.6 is 0 Å². The van der Waals surface area contributed by atoms with Crippen LogP contribution in [0.4, 0.5) is 22.4 Å². The van der Waals surface area contributed by atoms with Gasteiger partial charge in [0, 0.05) is 5.57 Å². The molecule has 0 fully saturated rings. The molecule has 0 aliphatic carbocycles. The number of ether oxygens (including phenoxy) is 1. The van der Waals surface area contributed by atoms with Crippen LogP contribution in [0.3, 0.4) is 0 Å². The summed E-state index contributed by atoms with van der Waals surface area (Å²) in [6, 6.07) is 4.69. The van der Waals surface area contributed by atoms with Crippen LogP contribution in [0.1, 0.15) is 18.0 Å². The molecule has 1 aromatic rings. The van der Waals surface area contributed by atoms with Crippen LogP contribution in [0.5, 0.6) is 0 Å². The van der Waals surface area contributed by atoms with Crippen molar-refractivity contribution in [2.24, 2.45) is 0 Å². The van der Waals surface area contributed by atoms with Gasteiger partial charge < -0.3 is 4.74 Å². The van der Waals surface area contributed by atoms with Crippen molar-refractivity contribution in [1.82, 2.24) is 4.90 Å². The van der Waals surface area contributed by atoms with Gasteiger partial charge in [0.25, 0.3) is 0 Å². The van der Waals surface area contributed by atoms with Crippen molar-refractivity contribution in [3.05, 3.63) is 47.3 Å². The molecular weight excluding hydrogens is 290 g/mol. The summed E-state index contributed by atoms with van der Waals surface area (Å²) >= 11 is 0. The van der Waals surface area contributed by atoms with Crippen LogP contribution in [0.2, 0.25) is 0 Å². The lowest BCUT2D eigenvalue weighted by atomic mass is 9.96. The van der Waals surface area contributed by atoms with E-state index in [1.165, 1.54) is 24.3 Å². The molecule has 1 aliphatic rings. The molecule has 0 bridgehead atoms. The second kappa shape index (κ2) is 5.75. The summed E-state index contributed by atoms with van der Waals surface area (Å²) in [6.07, 6.45) is -4.28. The maximum Gasteiger partial charge on any atom is 0.414 e. The van der Waals surface area contributed by atoms with Crippen LogP contribution in [-0.2, 0) is 4.74 Å². The summed E-state index contributed by atoms with van der Waals surface area (Å²) in [5, 5.41) is 0. The Hall–Kier alpha value is -2.05. The molecule has 1 aromatic carbocycles. The third-order valence-corrected chi connectivity index (χ3v) is 3.33. The number of nitrogens with zero attached hydrogens (tertiary/aromatic N) is 1. The van der Waals surface area contributed by atoms with E-state index in [2.05, 4.69) is 4.74 Å². The minimum atomic E-state index is -4.49. The fraction of sp³-hybridized carbons (Fsp3) is 0.357. The van der Waals surface area contributed by atoms with Crippen LogP contribution in [-0.4, -0.2) is 30.8 Å². The number of carbonyl (C=O) groups is 1. The number of carbonyl (C=O) groups excluding carboxylic acids is 1. The summed E-state index contributed by atoms with van der Waals surface area (Å²) in [5.41, 5.74) is -0.231. The van der Waals surface area contributed by atoms with Gasteiger partial charge in [-0.25, -0.2) is 9.18 Å². The van der Waals surface area contributed by atoms with Crippen molar-refractivity contribution in [2.75, 3.05) is 13.7 Å². The quantitative estimate of drug-likeness (QED) is 0.583. The van der Waals surface area contributed by atoms with Gasteiger partial charge in [-0.1, -0.05) is 18.2 Å². The van der Waals surface area contributed by atoms with E-state index in [4.69, 9.17) is 0 Å². The van der Waals surface area contributed by atoms with Crippen LogP contribution < -0.4 is 0 Å². The van der Waals surface area contributed by atoms with Gasteiger partial charge in [-0.05, 0) is 24.1 Å². The van der Waals surface area contributed by atoms with Gasteiger partial charge in [-0.2, -0.15) is 13.2 Å². The molecule has 3 nitrogen and oxygen atoms in total. The predicted molar refractivity (Wildman–Crippen MR) is 67.0 cm³/mol. The smallest absolute Gasteiger partial charge is 0.414 e. The van der Waals surface area contributed by atoms with Crippen LogP contribution in [0.25, 0.3) is 0 Å². The lowest BCUT2D eigenvalue weighted by molar-refractivity contribution is -0.0977. The summed E-state index contributed by atoms with van der Waals surface area (Å²) < 4.78 is 55.8. The van der Waals surface area contributed by atoms with E-state index in [0.29, 0.717) is 5.56 Å². The second-order valence-electron chi connectivity index (χ2n) is 4.63. The standard InChI is InChI=1S/C14H13F4NO2/c1-21-13(20)19-8-10(14(16,17)18)4-7-12(19)9-2-5-11(15)6-3-9/h2-6,12H,7-8H2,1H3. The third-order valence-electron chi connectivity index (χ3n) is 3.33. The average molecular weight is 303 g/mol. The topological polar surface area (TPSA) is 29.5 Å². The Morgan fingerprint density at radius 2 is 1.90 bits per heavy atom. The van der Waals surface area contributed by atoms with E-state index in [-0.39, 0.29) is 6.42 Å². The zero-order valence-electron chi connectivity index (χ0n) is 11.2. The molecule has 2 rings (SSSR count). The number of amides is 1. The summed E-state index contributed by atoms with van der Waals surface area (Å²) in [5.74, 6) is -0.453. The summed E-state index contributed by atoms with van der Waals surface area (Å²) in [4.78, 5) is 12.7. The molecule has 0 saturated heterocycles. The predicted octanol–water partition coefficient (Wildman–Crippen LogP) is 3.83. The van der Waals surface area contributed by atoms with Crippen molar-refractivity contribution in [2.45, 2.75) is 18.6 Å². The number of benzene rings is 1. The minimum Gasteiger partial charge on any atom is -0.453 e. The largest absolute Gasteiger partial charge is 0.453 e. The molecule has 114 valence electrons. The van der Waals surface area contributed by atoms with Crippen molar-refractivity contribution in [3.63, 3.8) is 0 Å². The van der Waals surface area contributed by atoms with Crippen molar-refractivity contribution >= 4 is 6.09 Å². The van der Waals surface area contributed by atoms with Crippen LogP contribution in [0.15, 0.2) is 35.9 Å². The number of rotatable bonds is 1. The lowest BCUT2D eigenvalue weighted by Crippen LogP contribution is -2.41. The number of hydrogen-bond acceptors (Lipinski definition) is 2. The molecule has 21 heavy (non-hydrogen) atoms. The minimum absolute atomic E-state index is 0.00439. The number of halogens is 4. The zero-order valence-corrected chi connectivity index (χ0v) is 11.2. The number of methoxy groups -OCH3 is 1. The van der Waals surface area contributed by atoms with Gasteiger partial charge in [0.15, 0.2) is 0 Å². The molecule has 1 amide bonds. The SMILES string of the molecule is COC(=O)N1CC(C(F)(F)F)=CCC1c1ccc(F)cc1. The Morgan fingerprint density at radius 1 is 1.29 bits per heavy atom. The highest BCUT2D eigenvalue weighted by Crippen LogP contribution is 2.36. The van der Waals surface area contributed by atoms with Gasteiger partial charge in [0.05, 0.1) is 19.7 Å². The number of hydrogen-bond donors (Lipinski definition) is 0. The molecule has 1 unspecified atom stereocenters. The highest BCUT2D eigenvalue weighted by Gasteiger charge is 2.40. The Balaban J connectivity index is 2.33. The van der Waals surface area contributed by atoms with Gasteiger partial charge >= 0.3 is 12.3 Å².